The highest BCUT2D eigenvalue weighted by molar-refractivity contribution is 7.99. The number of benzene rings is 1. The maximum atomic E-state index is 11.4. The molecule has 7 heteroatoms. The Morgan fingerprint density at radius 3 is 2.95 bits per heavy atom. The number of amides is 3. The van der Waals surface area contributed by atoms with Crippen LogP contribution in [-0.2, 0) is 4.79 Å². The van der Waals surface area contributed by atoms with Crippen molar-refractivity contribution in [3.8, 4) is 0 Å². The number of nitrogens with one attached hydrogen (secondary N) is 3. The van der Waals surface area contributed by atoms with E-state index in [1.165, 1.54) is 18.8 Å². The SMILES string of the molecule is CNC(=O)NC(=O)CSc1nc2ccc(C)cc2[nH]1. The first-order valence-corrected chi connectivity index (χ1v) is 6.68. The number of fused-ring (bicyclic) bond motifs is 1. The van der Waals surface area contributed by atoms with Gasteiger partial charge >= 0.3 is 6.03 Å². The number of rotatable bonds is 3. The summed E-state index contributed by atoms with van der Waals surface area (Å²) in [7, 11) is 1.46. The zero-order chi connectivity index (χ0) is 13.8. The topological polar surface area (TPSA) is 86.9 Å². The van der Waals surface area contributed by atoms with Gasteiger partial charge in [0.15, 0.2) is 5.16 Å². The number of aryl methyl sites for hydroxylation is 1. The Hall–Kier alpha value is -2.02. The number of aromatic amines is 1. The number of carbonyl (C=O) groups is 2. The summed E-state index contributed by atoms with van der Waals surface area (Å²) in [5.41, 5.74) is 2.94. The number of nitrogens with zero attached hydrogens (tertiary/aromatic N) is 1. The molecule has 0 aliphatic rings. The highest BCUT2D eigenvalue weighted by Crippen LogP contribution is 2.19. The first kappa shape index (κ1) is 13.4. The maximum Gasteiger partial charge on any atom is 0.321 e. The van der Waals surface area contributed by atoms with Gasteiger partial charge in [0.05, 0.1) is 16.8 Å². The highest BCUT2D eigenvalue weighted by atomic mass is 32.2. The van der Waals surface area contributed by atoms with E-state index in [9.17, 15) is 9.59 Å². The zero-order valence-corrected chi connectivity index (χ0v) is 11.4. The Bertz CT molecular complexity index is 623. The van der Waals surface area contributed by atoms with Crippen molar-refractivity contribution in [2.75, 3.05) is 12.8 Å². The third kappa shape index (κ3) is 3.47. The van der Waals surface area contributed by atoms with Crippen molar-refractivity contribution in [1.29, 1.82) is 0 Å². The Balaban J connectivity index is 1.98. The fourth-order valence-corrected chi connectivity index (χ4v) is 2.21. The Labute approximate surface area is 114 Å². The van der Waals surface area contributed by atoms with E-state index in [2.05, 4.69) is 20.6 Å². The molecule has 19 heavy (non-hydrogen) atoms. The quantitative estimate of drug-likeness (QED) is 0.741. The fraction of sp³-hybridized carbons (Fsp3) is 0.250. The van der Waals surface area contributed by atoms with E-state index in [1.54, 1.807) is 0 Å². The molecule has 100 valence electrons. The van der Waals surface area contributed by atoms with Crippen LogP contribution in [0.2, 0.25) is 0 Å². The lowest BCUT2D eigenvalue weighted by Crippen LogP contribution is -2.38. The van der Waals surface area contributed by atoms with Gasteiger partial charge in [0.1, 0.15) is 0 Å². The molecule has 6 nitrogen and oxygen atoms in total. The van der Waals surface area contributed by atoms with Crippen LogP contribution in [0.3, 0.4) is 0 Å². The number of thioether (sulfide) groups is 1. The molecule has 0 aliphatic heterocycles. The van der Waals surface area contributed by atoms with Crippen molar-refractivity contribution < 1.29 is 9.59 Å². The van der Waals surface area contributed by atoms with Crippen molar-refractivity contribution in [3.05, 3.63) is 23.8 Å². The molecule has 0 aliphatic carbocycles. The van der Waals surface area contributed by atoms with Crippen LogP contribution >= 0.6 is 11.8 Å². The van der Waals surface area contributed by atoms with Gasteiger partial charge in [0, 0.05) is 7.05 Å². The molecule has 0 fully saturated rings. The van der Waals surface area contributed by atoms with E-state index >= 15 is 0 Å². The zero-order valence-electron chi connectivity index (χ0n) is 10.6. The normalized spacial score (nSPS) is 10.4. The number of imidazole rings is 1. The van der Waals surface area contributed by atoms with Crippen LogP contribution in [0, 0.1) is 6.92 Å². The van der Waals surface area contributed by atoms with E-state index in [1.807, 2.05) is 25.1 Å². The Morgan fingerprint density at radius 2 is 2.21 bits per heavy atom. The first-order chi connectivity index (χ1) is 9.08. The minimum absolute atomic E-state index is 0.131. The van der Waals surface area contributed by atoms with Gasteiger partial charge < -0.3 is 10.3 Å². The standard InChI is InChI=1S/C12H14N4O2S/c1-7-3-4-8-9(5-7)15-12(14-8)19-6-10(17)16-11(18)13-2/h3-5H,6H2,1-2H3,(H,14,15)(H2,13,16,17,18). The van der Waals surface area contributed by atoms with Gasteiger partial charge in [-0.3, -0.25) is 10.1 Å². The molecule has 1 aromatic heterocycles. The molecule has 2 aromatic rings. The monoisotopic (exact) mass is 278 g/mol. The second-order valence-corrected chi connectivity index (χ2v) is 4.94. The van der Waals surface area contributed by atoms with E-state index in [0.717, 1.165) is 16.6 Å². The lowest BCUT2D eigenvalue weighted by Gasteiger charge is -2.01. The molecule has 2 rings (SSSR count). The highest BCUT2D eigenvalue weighted by Gasteiger charge is 2.09. The summed E-state index contributed by atoms with van der Waals surface area (Å²) < 4.78 is 0. The number of urea groups is 1. The summed E-state index contributed by atoms with van der Waals surface area (Å²) >= 11 is 1.25. The molecule has 0 saturated carbocycles. The lowest BCUT2D eigenvalue weighted by molar-refractivity contribution is -0.117. The molecule has 0 bridgehead atoms. The van der Waals surface area contributed by atoms with Gasteiger partial charge in [-0.2, -0.15) is 0 Å². The van der Waals surface area contributed by atoms with Gasteiger partial charge in [0.25, 0.3) is 0 Å². The summed E-state index contributed by atoms with van der Waals surface area (Å²) in [5.74, 6) is -0.229. The molecule has 0 radical (unpaired) electrons. The minimum Gasteiger partial charge on any atom is -0.341 e. The molecule has 0 spiro atoms. The fourth-order valence-electron chi connectivity index (χ4n) is 1.53. The number of imide groups is 1. The molecule has 0 atom stereocenters. The lowest BCUT2D eigenvalue weighted by atomic mass is 10.2. The van der Waals surface area contributed by atoms with Crippen LogP contribution in [0.1, 0.15) is 5.56 Å². The molecule has 3 amide bonds. The molecule has 0 unspecified atom stereocenters. The van der Waals surface area contributed by atoms with Crippen molar-refractivity contribution >= 4 is 34.7 Å². The third-order valence-corrected chi connectivity index (χ3v) is 3.31. The van der Waals surface area contributed by atoms with E-state index in [0.29, 0.717) is 5.16 Å². The third-order valence-electron chi connectivity index (χ3n) is 2.44. The molecule has 0 saturated heterocycles. The largest absolute Gasteiger partial charge is 0.341 e. The van der Waals surface area contributed by atoms with Crippen LogP contribution in [0.5, 0.6) is 0 Å². The number of aromatic nitrogens is 2. The van der Waals surface area contributed by atoms with Gasteiger partial charge in [-0.05, 0) is 24.6 Å². The predicted molar refractivity (Wildman–Crippen MR) is 74.2 cm³/mol. The number of H-pyrrole nitrogens is 1. The van der Waals surface area contributed by atoms with Crippen molar-refractivity contribution in [1.82, 2.24) is 20.6 Å². The van der Waals surface area contributed by atoms with Crippen LogP contribution in [-0.4, -0.2) is 34.7 Å². The summed E-state index contributed by atoms with van der Waals surface area (Å²) in [6.07, 6.45) is 0. The van der Waals surface area contributed by atoms with Gasteiger partial charge in [0.2, 0.25) is 5.91 Å². The summed E-state index contributed by atoms with van der Waals surface area (Å²) in [6, 6.07) is 5.40. The van der Waals surface area contributed by atoms with Crippen LogP contribution < -0.4 is 10.6 Å². The number of hydrogen-bond donors (Lipinski definition) is 3. The van der Waals surface area contributed by atoms with E-state index < -0.39 is 6.03 Å². The summed E-state index contributed by atoms with van der Waals surface area (Å²) in [5, 5.41) is 5.17. The Kier molecular flexibility index (Phi) is 4.06. The summed E-state index contributed by atoms with van der Waals surface area (Å²) in [4.78, 5) is 29.8. The van der Waals surface area contributed by atoms with Gasteiger partial charge in [-0.15, -0.1) is 0 Å². The van der Waals surface area contributed by atoms with Gasteiger partial charge in [-0.1, -0.05) is 17.8 Å². The summed E-state index contributed by atoms with van der Waals surface area (Å²) in [6.45, 7) is 2.00. The maximum absolute atomic E-state index is 11.4. The van der Waals surface area contributed by atoms with E-state index in [-0.39, 0.29) is 11.7 Å². The second-order valence-electron chi connectivity index (χ2n) is 3.98. The number of carbonyl (C=O) groups excluding carboxylic acids is 2. The molecule has 1 heterocycles. The smallest absolute Gasteiger partial charge is 0.321 e. The van der Waals surface area contributed by atoms with E-state index in [4.69, 9.17) is 0 Å². The molecular weight excluding hydrogens is 264 g/mol. The minimum atomic E-state index is -0.508. The van der Waals surface area contributed by atoms with Crippen LogP contribution in [0.4, 0.5) is 4.79 Å². The second kappa shape index (κ2) is 5.75. The molecular formula is C12H14N4O2S. The van der Waals surface area contributed by atoms with Crippen LogP contribution in [0.25, 0.3) is 11.0 Å². The molecule has 1 aromatic carbocycles. The van der Waals surface area contributed by atoms with Crippen molar-refractivity contribution in [2.24, 2.45) is 0 Å². The van der Waals surface area contributed by atoms with Crippen molar-refractivity contribution in [2.45, 2.75) is 12.1 Å². The average Bonchev–Trinajstić information content (AvgIpc) is 2.78. The average molecular weight is 278 g/mol. The van der Waals surface area contributed by atoms with Gasteiger partial charge in [-0.25, -0.2) is 9.78 Å². The Morgan fingerprint density at radius 1 is 1.42 bits per heavy atom. The molecule has 3 N–H and O–H groups in total. The van der Waals surface area contributed by atoms with Crippen LogP contribution in [0.15, 0.2) is 23.4 Å². The van der Waals surface area contributed by atoms with Crippen molar-refractivity contribution in [3.63, 3.8) is 0 Å². The number of hydrogen-bond acceptors (Lipinski definition) is 4. The predicted octanol–water partition coefficient (Wildman–Crippen LogP) is 1.42. The first-order valence-electron chi connectivity index (χ1n) is 5.69.